The van der Waals surface area contributed by atoms with Crippen LogP contribution in [0.4, 0.5) is 5.69 Å². The largest absolute Gasteiger partial charge is 0.494 e. The van der Waals surface area contributed by atoms with Crippen molar-refractivity contribution in [2.24, 2.45) is 5.92 Å². The zero-order chi connectivity index (χ0) is 14.7. The van der Waals surface area contributed by atoms with Gasteiger partial charge in [-0.25, -0.2) is 0 Å². The first-order valence-corrected chi connectivity index (χ1v) is 6.71. The highest BCUT2D eigenvalue weighted by Crippen LogP contribution is 2.26. The van der Waals surface area contributed by atoms with E-state index in [-0.39, 0.29) is 11.8 Å². The van der Waals surface area contributed by atoms with Gasteiger partial charge in [0.15, 0.2) is 0 Å². The molecule has 1 saturated heterocycles. The van der Waals surface area contributed by atoms with E-state index in [0.29, 0.717) is 17.1 Å². The molecule has 0 aliphatic carbocycles. The topological polar surface area (TPSA) is 94.0 Å². The van der Waals surface area contributed by atoms with E-state index in [2.05, 4.69) is 26.2 Å². The third kappa shape index (κ3) is 2.84. The van der Waals surface area contributed by atoms with E-state index in [1.165, 1.54) is 11.0 Å². The first-order chi connectivity index (χ1) is 10.3. The molecule has 1 aliphatic rings. The zero-order valence-electron chi connectivity index (χ0n) is 11.6. The SMILES string of the molecule is COc1ccc(NC(=O)C2CCNC2)cc1-n1cnnn1. The van der Waals surface area contributed by atoms with Crippen LogP contribution < -0.4 is 15.4 Å². The Morgan fingerprint density at radius 3 is 3.10 bits per heavy atom. The first-order valence-electron chi connectivity index (χ1n) is 6.71. The number of tetrazole rings is 1. The molecule has 1 aromatic carbocycles. The van der Waals surface area contributed by atoms with Crippen molar-refractivity contribution < 1.29 is 9.53 Å². The van der Waals surface area contributed by atoms with Gasteiger partial charge in [0.05, 0.1) is 13.0 Å². The third-order valence-corrected chi connectivity index (χ3v) is 3.47. The normalized spacial score (nSPS) is 17.7. The van der Waals surface area contributed by atoms with Crippen LogP contribution in [0.1, 0.15) is 6.42 Å². The molecule has 1 aromatic heterocycles. The number of hydrogen-bond donors (Lipinski definition) is 2. The highest BCUT2D eigenvalue weighted by molar-refractivity contribution is 5.93. The van der Waals surface area contributed by atoms with Gasteiger partial charge >= 0.3 is 0 Å². The minimum Gasteiger partial charge on any atom is -0.494 e. The van der Waals surface area contributed by atoms with Gasteiger partial charge < -0.3 is 15.4 Å². The maximum atomic E-state index is 12.1. The summed E-state index contributed by atoms with van der Waals surface area (Å²) in [5.74, 6) is 0.666. The summed E-state index contributed by atoms with van der Waals surface area (Å²) < 4.78 is 6.78. The maximum absolute atomic E-state index is 12.1. The number of benzene rings is 1. The predicted molar refractivity (Wildman–Crippen MR) is 75.3 cm³/mol. The van der Waals surface area contributed by atoms with Crippen LogP contribution >= 0.6 is 0 Å². The van der Waals surface area contributed by atoms with Crippen LogP contribution in [0.3, 0.4) is 0 Å². The van der Waals surface area contributed by atoms with E-state index >= 15 is 0 Å². The molecule has 1 fully saturated rings. The van der Waals surface area contributed by atoms with Crippen LogP contribution in [0.5, 0.6) is 5.75 Å². The Morgan fingerprint density at radius 1 is 1.52 bits per heavy atom. The Kier molecular flexibility index (Phi) is 3.78. The van der Waals surface area contributed by atoms with E-state index < -0.39 is 0 Å². The van der Waals surface area contributed by atoms with Crippen molar-refractivity contribution in [3.8, 4) is 11.4 Å². The second-order valence-corrected chi connectivity index (χ2v) is 4.82. The van der Waals surface area contributed by atoms with E-state index in [1.54, 1.807) is 25.3 Å². The zero-order valence-corrected chi connectivity index (χ0v) is 11.6. The molecule has 1 amide bonds. The lowest BCUT2D eigenvalue weighted by Gasteiger charge is -2.13. The van der Waals surface area contributed by atoms with Crippen molar-refractivity contribution in [2.75, 3.05) is 25.5 Å². The molecule has 2 heterocycles. The molecule has 0 saturated carbocycles. The van der Waals surface area contributed by atoms with Gasteiger partial charge in [-0.15, -0.1) is 5.10 Å². The molecule has 8 nitrogen and oxygen atoms in total. The number of amides is 1. The number of ether oxygens (including phenoxy) is 1. The molecule has 0 spiro atoms. The molecule has 21 heavy (non-hydrogen) atoms. The van der Waals surface area contributed by atoms with Crippen LogP contribution in [0.2, 0.25) is 0 Å². The summed E-state index contributed by atoms with van der Waals surface area (Å²) in [6.07, 6.45) is 2.34. The van der Waals surface area contributed by atoms with E-state index in [9.17, 15) is 4.79 Å². The third-order valence-electron chi connectivity index (χ3n) is 3.47. The van der Waals surface area contributed by atoms with Crippen LogP contribution in [-0.2, 0) is 4.79 Å². The summed E-state index contributed by atoms with van der Waals surface area (Å²) >= 11 is 0. The molecule has 3 rings (SSSR count). The van der Waals surface area contributed by atoms with Crippen molar-refractivity contribution in [1.82, 2.24) is 25.5 Å². The number of nitrogens with zero attached hydrogens (tertiary/aromatic N) is 4. The van der Waals surface area contributed by atoms with Crippen molar-refractivity contribution in [1.29, 1.82) is 0 Å². The van der Waals surface area contributed by atoms with Crippen LogP contribution in [0, 0.1) is 5.92 Å². The Morgan fingerprint density at radius 2 is 2.43 bits per heavy atom. The van der Waals surface area contributed by atoms with Crippen LogP contribution in [0.15, 0.2) is 24.5 Å². The van der Waals surface area contributed by atoms with Crippen molar-refractivity contribution >= 4 is 11.6 Å². The number of methoxy groups -OCH3 is 1. The summed E-state index contributed by atoms with van der Waals surface area (Å²) in [6, 6.07) is 5.36. The average molecular weight is 288 g/mol. The van der Waals surface area contributed by atoms with Crippen LogP contribution in [0.25, 0.3) is 5.69 Å². The van der Waals surface area contributed by atoms with Gasteiger partial charge in [0.25, 0.3) is 0 Å². The molecule has 110 valence electrons. The molecule has 0 bridgehead atoms. The van der Waals surface area contributed by atoms with Gasteiger partial charge in [0, 0.05) is 12.2 Å². The van der Waals surface area contributed by atoms with Crippen LogP contribution in [-0.4, -0.2) is 46.3 Å². The first kappa shape index (κ1) is 13.5. The fraction of sp³-hybridized carbons (Fsp3) is 0.385. The van der Waals surface area contributed by atoms with Gasteiger partial charge in [-0.2, -0.15) is 4.68 Å². The number of hydrogen-bond acceptors (Lipinski definition) is 6. The van der Waals surface area contributed by atoms with E-state index in [0.717, 1.165) is 19.5 Å². The minimum atomic E-state index is 0.0172. The monoisotopic (exact) mass is 288 g/mol. The quantitative estimate of drug-likeness (QED) is 0.836. The smallest absolute Gasteiger partial charge is 0.228 e. The number of anilines is 1. The molecular weight excluding hydrogens is 272 g/mol. The molecule has 8 heteroatoms. The van der Waals surface area contributed by atoms with Crippen molar-refractivity contribution in [3.05, 3.63) is 24.5 Å². The number of carbonyl (C=O) groups is 1. The lowest BCUT2D eigenvalue weighted by Crippen LogP contribution is -2.24. The minimum absolute atomic E-state index is 0.0172. The predicted octanol–water partition coefficient (Wildman–Crippen LogP) is 0.219. The second kappa shape index (κ2) is 5.88. The number of nitrogens with one attached hydrogen (secondary N) is 2. The standard InChI is InChI=1S/C13H16N6O2/c1-21-12-3-2-10(6-11(12)19-8-15-17-18-19)16-13(20)9-4-5-14-7-9/h2-3,6,8-9,14H,4-5,7H2,1H3,(H,16,20). The van der Waals surface area contributed by atoms with Gasteiger partial charge in [0.1, 0.15) is 17.8 Å². The van der Waals surface area contributed by atoms with Gasteiger partial charge in [-0.3, -0.25) is 4.79 Å². The lowest BCUT2D eigenvalue weighted by atomic mass is 10.1. The summed E-state index contributed by atoms with van der Waals surface area (Å²) in [5.41, 5.74) is 1.36. The highest BCUT2D eigenvalue weighted by Gasteiger charge is 2.22. The Labute approximate surface area is 121 Å². The van der Waals surface area contributed by atoms with Gasteiger partial charge in [-0.05, 0) is 41.6 Å². The summed E-state index contributed by atoms with van der Waals surface area (Å²) in [6.45, 7) is 1.61. The highest BCUT2D eigenvalue weighted by atomic mass is 16.5. The molecule has 1 aliphatic heterocycles. The summed E-state index contributed by atoms with van der Waals surface area (Å²) in [5, 5.41) is 17.2. The molecular formula is C13H16N6O2. The Hall–Kier alpha value is -2.48. The fourth-order valence-corrected chi connectivity index (χ4v) is 2.34. The molecule has 1 unspecified atom stereocenters. The molecule has 2 aromatic rings. The fourth-order valence-electron chi connectivity index (χ4n) is 2.34. The molecule has 1 atom stereocenters. The number of carbonyl (C=O) groups excluding carboxylic acids is 1. The average Bonchev–Trinajstić information content (AvgIpc) is 3.20. The Bertz CT molecular complexity index is 622. The van der Waals surface area contributed by atoms with Gasteiger partial charge in [0.2, 0.25) is 5.91 Å². The second-order valence-electron chi connectivity index (χ2n) is 4.82. The maximum Gasteiger partial charge on any atom is 0.228 e. The van der Waals surface area contributed by atoms with Crippen molar-refractivity contribution in [3.63, 3.8) is 0 Å². The van der Waals surface area contributed by atoms with Crippen molar-refractivity contribution in [2.45, 2.75) is 6.42 Å². The van der Waals surface area contributed by atoms with E-state index in [4.69, 9.17) is 4.74 Å². The van der Waals surface area contributed by atoms with E-state index in [1.807, 2.05) is 0 Å². The molecule has 0 radical (unpaired) electrons. The number of aromatic nitrogens is 4. The lowest BCUT2D eigenvalue weighted by molar-refractivity contribution is -0.119. The molecule has 2 N–H and O–H groups in total. The Balaban J connectivity index is 1.83. The van der Waals surface area contributed by atoms with Gasteiger partial charge in [-0.1, -0.05) is 0 Å². The summed E-state index contributed by atoms with van der Waals surface area (Å²) in [7, 11) is 1.58. The number of rotatable bonds is 4. The summed E-state index contributed by atoms with van der Waals surface area (Å²) in [4.78, 5) is 12.1.